The molecule has 0 aromatic heterocycles. The Kier molecular flexibility index (Phi) is 7.50. The summed E-state index contributed by atoms with van der Waals surface area (Å²) in [5, 5.41) is 9.29. The number of piperazine rings is 1. The summed E-state index contributed by atoms with van der Waals surface area (Å²) in [5.41, 5.74) is 0. The lowest BCUT2D eigenvalue weighted by Crippen LogP contribution is -2.57. The first-order valence-corrected chi connectivity index (χ1v) is 10.2. The molecule has 0 bridgehead atoms. The minimum absolute atomic E-state index is 0.0599. The van der Waals surface area contributed by atoms with Gasteiger partial charge in [0.1, 0.15) is 5.75 Å². The topological polar surface area (TPSA) is 56.2 Å². The SMILES string of the molecule is CN1CCN([C@@H]2CCN(C(=O)COc3ccccc3)C[C@@H]2CCCO)CC1. The van der Waals surface area contributed by atoms with Gasteiger partial charge in [0.2, 0.25) is 0 Å². The maximum atomic E-state index is 12.6. The molecule has 0 unspecified atom stereocenters. The zero-order chi connectivity index (χ0) is 19.1. The molecule has 2 heterocycles. The van der Waals surface area contributed by atoms with Gasteiger partial charge >= 0.3 is 0 Å². The van der Waals surface area contributed by atoms with Crippen LogP contribution in [-0.4, -0.2) is 91.3 Å². The average molecular weight is 376 g/mol. The van der Waals surface area contributed by atoms with Crippen molar-refractivity contribution in [1.29, 1.82) is 0 Å². The van der Waals surface area contributed by atoms with Gasteiger partial charge in [-0.3, -0.25) is 9.69 Å². The third-order valence-corrected chi connectivity index (χ3v) is 5.89. The molecule has 1 amide bonds. The lowest BCUT2D eigenvalue weighted by atomic mass is 9.86. The van der Waals surface area contributed by atoms with Crippen LogP contribution in [0.3, 0.4) is 0 Å². The molecule has 1 N–H and O–H groups in total. The van der Waals surface area contributed by atoms with Crippen molar-refractivity contribution >= 4 is 5.91 Å². The van der Waals surface area contributed by atoms with Crippen molar-refractivity contribution in [1.82, 2.24) is 14.7 Å². The number of nitrogens with zero attached hydrogens (tertiary/aromatic N) is 3. The number of amides is 1. The number of ether oxygens (including phenoxy) is 1. The van der Waals surface area contributed by atoms with Crippen LogP contribution < -0.4 is 4.74 Å². The monoisotopic (exact) mass is 375 g/mol. The largest absolute Gasteiger partial charge is 0.484 e. The first kappa shape index (κ1) is 20.1. The number of aliphatic hydroxyl groups is 1. The molecular weight excluding hydrogens is 342 g/mol. The molecule has 0 radical (unpaired) electrons. The molecule has 0 spiro atoms. The van der Waals surface area contributed by atoms with Crippen molar-refractivity contribution < 1.29 is 14.6 Å². The van der Waals surface area contributed by atoms with E-state index in [-0.39, 0.29) is 19.1 Å². The van der Waals surface area contributed by atoms with E-state index < -0.39 is 0 Å². The molecule has 6 nitrogen and oxygen atoms in total. The van der Waals surface area contributed by atoms with Crippen LogP contribution >= 0.6 is 0 Å². The van der Waals surface area contributed by atoms with Crippen molar-refractivity contribution in [3.8, 4) is 5.75 Å². The summed E-state index contributed by atoms with van der Waals surface area (Å²) in [5.74, 6) is 1.22. The van der Waals surface area contributed by atoms with Crippen LogP contribution in [0.5, 0.6) is 5.75 Å². The number of hydrogen-bond donors (Lipinski definition) is 1. The van der Waals surface area contributed by atoms with Crippen LogP contribution in [0.2, 0.25) is 0 Å². The Morgan fingerprint density at radius 3 is 2.59 bits per heavy atom. The van der Waals surface area contributed by atoms with Gasteiger partial charge < -0.3 is 19.6 Å². The summed E-state index contributed by atoms with van der Waals surface area (Å²) >= 11 is 0. The third-order valence-electron chi connectivity index (χ3n) is 5.89. The maximum Gasteiger partial charge on any atom is 0.260 e. The number of benzene rings is 1. The van der Waals surface area contributed by atoms with Crippen molar-refractivity contribution in [2.75, 3.05) is 59.5 Å². The van der Waals surface area contributed by atoms with Crippen LogP contribution in [0.15, 0.2) is 30.3 Å². The number of rotatable bonds is 7. The second-order valence-electron chi connectivity index (χ2n) is 7.76. The highest BCUT2D eigenvalue weighted by molar-refractivity contribution is 5.77. The molecule has 2 saturated heterocycles. The van der Waals surface area contributed by atoms with E-state index in [4.69, 9.17) is 4.74 Å². The van der Waals surface area contributed by atoms with Gasteiger partial charge in [0.15, 0.2) is 6.61 Å². The number of carbonyl (C=O) groups is 1. The Hall–Kier alpha value is -1.63. The highest BCUT2D eigenvalue weighted by Gasteiger charge is 2.35. The van der Waals surface area contributed by atoms with E-state index >= 15 is 0 Å². The summed E-state index contributed by atoms with van der Waals surface area (Å²) in [6.07, 6.45) is 2.78. The molecule has 2 aliphatic rings. The minimum Gasteiger partial charge on any atom is -0.484 e. The lowest BCUT2D eigenvalue weighted by Gasteiger charge is -2.46. The molecule has 1 aromatic rings. The number of likely N-dealkylation sites (N-methyl/N-ethyl adjacent to an activating group) is 1. The highest BCUT2D eigenvalue weighted by Crippen LogP contribution is 2.27. The molecule has 0 aliphatic carbocycles. The highest BCUT2D eigenvalue weighted by atomic mass is 16.5. The van der Waals surface area contributed by atoms with E-state index in [1.54, 1.807) is 0 Å². The molecule has 2 atom stereocenters. The first-order valence-electron chi connectivity index (χ1n) is 10.2. The Morgan fingerprint density at radius 1 is 1.15 bits per heavy atom. The van der Waals surface area contributed by atoms with E-state index in [0.717, 1.165) is 64.3 Å². The summed E-state index contributed by atoms with van der Waals surface area (Å²) < 4.78 is 5.65. The fourth-order valence-electron chi connectivity index (χ4n) is 4.27. The summed E-state index contributed by atoms with van der Waals surface area (Å²) in [7, 11) is 2.18. The molecule has 2 aliphatic heterocycles. The predicted molar refractivity (Wildman–Crippen MR) is 106 cm³/mol. The van der Waals surface area contributed by atoms with E-state index in [1.165, 1.54) is 0 Å². The molecule has 2 fully saturated rings. The van der Waals surface area contributed by atoms with Crippen molar-refractivity contribution in [2.45, 2.75) is 25.3 Å². The van der Waals surface area contributed by atoms with Gasteiger partial charge in [-0.1, -0.05) is 18.2 Å². The van der Waals surface area contributed by atoms with Crippen LogP contribution in [0.1, 0.15) is 19.3 Å². The summed E-state index contributed by atoms with van der Waals surface area (Å²) in [6, 6.07) is 10.0. The Balaban J connectivity index is 1.55. The number of carbonyl (C=O) groups excluding carboxylic acids is 1. The van der Waals surface area contributed by atoms with Gasteiger partial charge in [0.25, 0.3) is 5.91 Å². The lowest BCUT2D eigenvalue weighted by molar-refractivity contribution is -0.136. The molecular formula is C21H33N3O3. The van der Waals surface area contributed by atoms with Gasteiger partial charge in [0, 0.05) is 51.9 Å². The number of piperidine rings is 1. The van der Waals surface area contributed by atoms with Crippen LogP contribution in [0.4, 0.5) is 0 Å². The normalized spacial score (nSPS) is 24.7. The minimum atomic E-state index is 0.0599. The molecule has 6 heteroatoms. The predicted octanol–water partition coefficient (Wildman–Crippen LogP) is 1.30. The fraction of sp³-hybridized carbons (Fsp3) is 0.667. The number of likely N-dealkylation sites (tertiary alicyclic amines) is 1. The number of aliphatic hydroxyl groups excluding tert-OH is 1. The van der Waals surface area contributed by atoms with Crippen LogP contribution in [0.25, 0.3) is 0 Å². The van der Waals surface area contributed by atoms with Crippen molar-refractivity contribution in [3.05, 3.63) is 30.3 Å². The summed E-state index contributed by atoms with van der Waals surface area (Å²) in [6.45, 7) is 6.29. The molecule has 3 rings (SSSR count). The number of para-hydroxylation sites is 1. The Bertz CT molecular complexity index is 575. The van der Waals surface area contributed by atoms with E-state index in [9.17, 15) is 9.90 Å². The quantitative estimate of drug-likeness (QED) is 0.779. The smallest absolute Gasteiger partial charge is 0.260 e. The standard InChI is InChI=1S/C21H33N3O3/c1-22-11-13-23(14-12-22)20-9-10-24(16-18(20)6-5-15-25)21(26)17-27-19-7-3-2-4-8-19/h2-4,7-8,18,20,25H,5-6,9-17H2,1H3/t18-,20+/m0/s1. The Morgan fingerprint density at radius 2 is 1.89 bits per heavy atom. The summed E-state index contributed by atoms with van der Waals surface area (Å²) in [4.78, 5) is 19.6. The second kappa shape index (κ2) is 10.1. The van der Waals surface area contributed by atoms with Crippen molar-refractivity contribution in [2.24, 2.45) is 5.92 Å². The zero-order valence-corrected chi connectivity index (χ0v) is 16.4. The van der Waals surface area contributed by atoms with E-state index in [2.05, 4.69) is 16.8 Å². The van der Waals surface area contributed by atoms with Gasteiger partial charge in [-0.15, -0.1) is 0 Å². The number of hydrogen-bond acceptors (Lipinski definition) is 5. The van der Waals surface area contributed by atoms with Crippen LogP contribution in [-0.2, 0) is 4.79 Å². The zero-order valence-electron chi connectivity index (χ0n) is 16.4. The van der Waals surface area contributed by atoms with Crippen molar-refractivity contribution in [3.63, 3.8) is 0 Å². The van der Waals surface area contributed by atoms with E-state index in [0.29, 0.717) is 12.0 Å². The van der Waals surface area contributed by atoms with Gasteiger partial charge in [-0.05, 0) is 44.4 Å². The second-order valence-corrected chi connectivity index (χ2v) is 7.76. The average Bonchev–Trinajstić information content (AvgIpc) is 2.71. The van der Waals surface area contributed by atoms with Gasteiger partial charge in [0.05, 0.1) is 0 Å². The molecule has 1 aromatic carbocycles. The first-order chi connectivity index (χ1) is 13.2. The van der Waals surface area contributed by atoms with E-state index in [1.807, 2.05) is 35.2 Å². The molecule has 150 valence electrons. The van der Waals surface area contributed by atoms with Crippen LogP contribution in [0, 0.1) is 5.92 Å². The fourth-order valence-corrected chi connectivity index (χ4v) is 4.27. The van der Waals surface area contributed by atoms with Gasteiger partial charge in [-0.2, -0.15) is 0 Å². The molecule has 27 heavy (non-hydrogen) atoms. The maximum absolute atomic E-state index is 12.6. The Labute approximate surface area is 162 Å². The third kappa shape index (κ3) is 5.67. The molecule has 0 saturated carbocycles. The van der Waals surface area contributed by atoms with Gasteiger partial charge in [-0.25, -0.2) is 0 Å².